The molecule has 0 aliphatic carbocycles. The van der Waals surface area contributed by atoms with Crippen molar-refractivity contribution in [3.05, 3.63) is 83.9 Å². The zero-order chi connectivity index (χ0) is 29.6. The van der Waals surface area contributed by atoms with Gasteiger partial charge >= 0.3 is 0 Å². The van der Waals surface area contributed by atoms with Crippen LogP contribution >= 0.6 is 0 Å². The number of aliphatic hydroxyl groups is 1. The highest BCUT2D eigenvalue weighted by atomic mass is 32.2. The summed E-state index contributed by atoms with van der Waals surface area (Å²) in [5.41, 5.74) is 2.07. The van der Waals surface area contributed by atoms with Gasteiger partial charge in [-0.05, 0) is 62.0 Å². The van der Waals surface area contributed by atoms with Crippen molar-refractivity contribution in [2.24, 2.45) is 5.92 Å². The van der Waals surface area contributed by atoms with Crippen molar-refractivity contribution in [2.75, 3.05) is 37.7 Å². The van der Waals surface area contributed by atoms with E-state index < -0.39 is 10.0 Å². The molecule has 10 heteroatoms. The van der Waals surface area contributed by atoms with Crippen LogP contribution in [0.1, 0.15) is 25.0 Å². The van der Waals surface area contributed by atoms with Gasteiger partial charge in [0.2, 0.25) is 15.9 Å². The number of carbonyl (C=O) groups is 1. The third kappa shape index (κ3) is 8.69. The average Bonchev–Trinajstić information content (AvgIpc) is 2.96. The molecule has 0 aromatic heterocycles. The summed E-state index contributed by atoms with van der Waals surface area (Å²) in [5.74, 6) is 1.90. The molecule has 1 amide bonds. The van der Waals surface area contributed by atoms with Gasteiger partial charge in [-0.25, -0.2) is 8.42 Å². The fourth-order valence-electron chi connectivity index (χ4n) is 4.90. The molecule has 0 radical (unpaired) electrons. The maximum atomic E-state index is 13.3. The highest BCUT2D eigenvalue weighted by Crippen LogP contribution is 2.30. The van der Waals surface area contributed by atoms with Crippen LogP contribution in [0.25, 0.3) is 0 Å². The molecule has 0 spiro atoms. The van der Waals surface area contributed by atoms with Crippen LogP contribution in [0.3, 0.4) is 0 Å². The van der Waals surface area contributed by atoms with E-state index >= 15 is 0 Å². The van der Waals surface area contributed by atoms with Crippen molar-refractivity contribution in [3.63, 3.8) is 0 Å². The number of amides is 1. The van der Waals surface area contributed by atoms with E-state index in [4.69, 9.17) is 9.47 Å². The Kier molecular flexibility index (Phi) is 9.90. The van der Waals surface area contributed by atoms with E-state index in [0.717, 1.165) is 23.3 Å². The number of para-hydroxylation sites is 1. The number of ether oxygens (including phenoxy) is 2. The number of fused-ring (bicyclic) bond motifs is 1. The number of sulfonamides is 1. The molecule has 220 valence electrons. The number of nitrogens with zero attached hydrogens (tertiary/aromatic N) is 2. The molecule has 9 nitrogen and oxygen atoms in total. The molecule has 0 bridgehead atoms. The summed E-state index contributed by atoms with van der Waals surface area (Å²) in [4.78, 5) is 17.2. The molecule has 3 aromatic carbocycles. The lowest BCUT2D eigenvalue weighted by molar-refractivity contribution is -0.134. The molecule has 1 heterocycles. The van der Waals surface area contributed by atoms with Crippen molar-refractivity contribution in [3.8, 4) is 17.2 Å². The Morgan fingerprint density at radius 3 is 2.44 bits per heavy atom. The molecule has 3 aromatic rings. The van der Waals surface area contributed by atoms with Gasteiger partial charge in [-0.15, -0.1) is 0 Å². The topological polar surface area (TPSA) is 108 Å². The molecule has 0 saturated heterocycles. The third-order valence-corrected chi connectivity index (χ3v) is 7.67. The van der Waals surface area contributed by atoms with Crippen LogP contribution in [-0.2, 0) is 27.8 Å². The lowest BCUT2D eigenvalue weighted by Crippen LogP contribution is -2.47. The molecule has 0 saturated carbocycles. The number of hydrogen-bond donors (Lipinski definition) is 2. The summed E-state index contributed by atoms with van der Waals surface area (Å²) in [5, 5.41) is 9.85. The third-order valence-electron chi connectivity index (χ3n) is 7.07. The van der Waals surface area contributed by atoms with E-state index in [1.807, 2.05) is 75.5 Å². The van der Waals surface area contributed by atoms with E-state index in [0.29, 0.717) is 36.6 Å². The van der Waals surface area contributed by atoms with Crippen LogP contribution < -0.4 is 14.2 Å². The minimum Gasteiger partial charge on any atom is -0.488 e. The number of likely N-dealkylation sites (N-methyl/N-ethyl adjacent to an activating group) is 1. The summed E-state index contributed by atoms with van der Waals surface area (Å²) in [6.45, 7) is 5.39. The van der Waals surface area contributed by atoms with Crippen LogP contribution in [-0.4, -0.2) is 74.4 Å². The predicted octanol–water partition coefficient (Wildman–Crippen LogP) is 4.13. The van der Waals surface area contributed by atoms with E-state index in [2.05, 4.69) is 9.62 Å². The maximum absolute atomic E-state index is 13.3. The van der Waals surface area contributed by atoms with Gasteiger partial charge in [0, 0.05) is 36.8 Å². The smallest absolute Gasteiger partial charge is 0.229 e. The molecule has 3 atom stereocenters. The first-order valence-electron chi connectivity index (χ1n) is 13.7. The maximum Gasteiger partial charge on any atom is 0.229 e. The first-order valence-corrected chi connectivity index (χ1v) is 15.6. The van der Waals surface area contributed by atoms with Crippen molar-refractivity contribution < 1.29 is 27.8 Å². The number of nitrogens with one attached hydrogen (secondary N) is 1. The zero-order valence-electron chi connectivity index (χ0n) is 24.0. The Hall–Kier alpha value is -3.60. The second-order valence-corrected chi connectivity index (χ2v) is 12.6. The van der Waals surface area contributed by atoms with Gasteiger partial charge < -0.3 is 19.5 Å². The van der Waals surface area contributed by atoms with Gasteiger partial charge in [-0.2, -0.15) is 0 Å². The SMILES string of the molecule is C[C@H](CO)N1C[C@H](C)[C@H](CN(C)Cc2ccc(Oc3ccccc3)cc2)Oc2ccc(NS(C)(=O)=O)cc2CC1=O. The fourth-order valence-corrected chi connectivity index (χ4v) is 5.45. The Morgan fingerprint density at radius 1 is 1.10 bits per heavy atom. The Labute approximate surface area is 242 Å². The lowest BCUT2D eigenvalue weighted by atomic mass is 10.0. The van der Waals surface area contributed by atoms with E-state index in [1.165, 1.54) is 0 Å². The van der Waals surface area contributed by atoms with Crippen LogP contribution in [0.5, 0.6) is 17.2 Å². The Bertz CT molecular complexity index is 1420. The van der Waals surface area contributed by atoms with Crippen molar-refractivity contribution in [1.29, 1.82) is 0 Å². The summed E-state index contributed by atoms with van der Waals surface area (Å²) >= 11 is 0. The summed E-state index contributed by atoms with van der Waals surface area (Å²) in [6, 6.07) is 22.3. The first kappa shape index (κ1) is 30.4. The molecule has 0 fully saturated rings. The molecule has 2 N–H and O–H groups in total. The van der Waals surface area contributed by atoms with E-state index in [9.17, 15) is 18.3 Å². The largest absolute Gasteiger partial charge is 0.488 e. The molecular weight excluding hydrogens is 542 g/mol. The molecule has 1 aliphatic rings. The second-order valence-electron chi connectivity index (χ2n) is 10.8. The molecule has 41 heavy (non-hydrogen) atoms. The minimum absolute atomic E-state index is 0.0334. The monoisotopic (exact) mass is 581 g/mol. The number of hydrogen-bond acceptors (Lipinski definition) is 7. The molecule has 1 aliphatic heterocycles. The highest BCUT2D eigenvalue weighted by Gasteiger charge is 2.31. The number of benzene rings is 3. The van der Waals surface area contributed by atoms with Crippen molar-refractivity contribution >= 4 is 21.6 Å². The fraction of sp³-hybridized carbons (Fsp3) is 0.387. The average molecular weight is 582 g/mol. The van der Waals surface area contributed by atoms with E-state index in [-0.39, 0.29) is 37.0 Å². The van der Waals surface area contributed by atoms with E-state index in [1.54, 1.807) is 23.1 Å². The van der Waals surface area contributed by atoms with Crippen molar-refractivity contribution in [1.82, 2.24) is 9.80 Å². The molecule has 4 rings (SSSR count). The number of aliphatic hydroxyl groups excluding tert-OH is 1. The zero-order valence-corrected chi connectivity index (χ0v) is 24.8. The number of anilines is 1. The summed E-state index contributed by atoms with van der Waals surface area (Å²) < 4.78 is 38.5. The van der Waals surface area contributed by atoms with Crippen LogP contribution in [0, 0.1) is 5.92 Å². The molecule has 0 unspecified atom stereocenters. The standard InChI is InChI=1S/C31H39N3O6S/c1-22-18-34(23(2)21-35)31(36)17-25-16-26(32-41(4,37)38)12-15-29(25)40-30(22)20-33(3)19-24-10-13-28(14-11-24)39-27-8-6-5-7-9-27/h5-16,22-23,30,32,35H,17-21H2,1-4H3/t22-,23+,30-/m0/s1. The Balaban J connectivity index is 1.52. The lowest BCUT2D eigenvalue weighted by Gasteiger charge is -2.34. The Morgan fingerprint density at radius 2 is 1.78 bits per heavy atom. The highest BCUT2D eigenvalue weighted by molar-refractivity contribution is 7.92. The first-order chi connectivity index (χ1) is 19.5. The number of rotatable bonds is 10. The van der Waals surface area contributed by atoms with Gasteiger partial charge in [0.05, 0.1) is 25.3 Å². The van der Waals surface area contributed by atoms with Gasteiger partial charge in [-0.1, -0.05) is 37.3 Å². The quantitative estimate of drug-likeness (QED) is 0.371. The number of carbonyl (C=O) groups excluding carboxylic acids is 1. The van der Waals surface area contributed by atoms with Crippen LogP contribution in [0.4, 0.5) is 5.69 Å². The second kappa shape index (κ2) is 13.4. The summed E-state index contributed by atoms with van der Waals surface area (Å²) in [7, 11) is -1.46. The normalized spacial score (nSPS) is 18.5. The molecular formula is C31H39N3O6S. The predicted molar refractivity (Wildman–Crippen MR) is 160 cm³/mol. The van der Waals surface area contributed by atoms with Gasteiger partial charge in [-0.3, -0.25) is 14.4 Å². The van der Waals surface area contributed by atoms with Gasteiger partial charge in [0.15, 0.2) is 0 Å². The minimum atomic E-state index is -3.49. The van der Waals surface area contributed by atoms with Crippen LogP contribution in [0.15, 0.2) is 72.8 Å². The summed E-state index contributed by atoms with van der Waals surface area (Å²) in [6.07, 6.45) is 0.844. The van der Waals surface area contributed by atoms with Crippen LogP contribution in [0.2, 0.25) is 0 Å². The van der Waals surface area contributed by atoms with Crippen molar-refractivity contribution in [2.45, 2.75) is 39.0 Å². The van der Waals surface area contributed by atoms with Gasteiger partial charge in [0.1, 0.15) is 23.4 Å². The van der Waals surface area contributed by atoms with Gasteiger partial charge in [0.25, 0.3) is 0 Å².